The van der Waals surface area contributed by atoms with Gasteiger partial charge in [0.15, 0.2) is 8.83 Å². The third-order valence-corrected chi connectivity index (χ3v) is 1.73. The van der Waals surface area contributed by atoms with Gasteiger partial charge in [0.05, 0.1) is 0 Å². The van der Waals surface area contributed by atoms with E-state index in [4.69, 9.17) is 11.1 Å². The number of unbranched alkanes of at least 4 members (excludes halogenated alkanes) is 1. The molecule has 0 heterocycles. The first-order valence-corrected chi connectivity index (χ1v) is 4.47. The van der Waals surface area contributed by atoms with Crippen molar-refractivity contribution in [2.75, 3.05) is 0 Å². The van der Waals surface area contributed by atoms with Crippen LogP contribution in [0.4, 0.5) is 0 Å². The maximum Gasteiger partial charge on any atom is 0.171 e. The van der Waals surface area contributed by atoms with Crippen molar-refractivity contribution in [1.82, 2.24) is 0 Å². The third kappa shape index (κ3) is 4.51. The molecule has 0 aliphatic heterocycles. The van der Waals surface area contributed by atoms with Crippen molar-refractivity contribution in [2.24, 2.45) is 0 Å². The Morgan fingerprint density at radius 3 is 2.50 bits per heavy atom. The van der Waals surface area contributed by atoms with Crippen LogP contribution in [0.2, 0.25) is 6.04 Å². The van der Waals surface area contributed by atoms with Crippen LogP contribution in [0, 0.1) is 0 Å². The number of halogens is 1. The van der Waals surface area contributed by atoms with Gasteiger partial charge in [-0.3, -0.25) is 0 Å². The van der Waals surface area contributed by atoms with Crippen LogP contribution in [0.25, 0.3) is 0 Å². The average molecular weight is 121 g/mol. The Bertz CT molecular complexity index is 19.5. The van der Waals surface area contributed by atoms with E-state index in [1.165, 1.54) is 18.9 Å². The second kappa shape index (κ2) is 5.51. The van der Waals surface area contributed by atoms with Crippen molar-refractivity contribution in [1.29, 1.82) is 0 Å². The third-order valence-electron chi connectivity index (χ3n) is 0.625. The molecule has 0 bridgehead atoms. The quantitative estimate of drug-likeness (QED) is 0.304. The Morgan fingerprint density at radius 2 is 2.33 bits per heavy atom. The lowest BCUT2D eigenvalue weighted by molar-refractivity contribution is 0.882. The van der Waals surface area contributed by atoms with E-state index in [0.717, 1.165) is 0 Å². The number of hydrogen-bond donors (Lipinski definition) is 0. The van der Waals surface area contributed by atoms with E-state index in [2.05, 4.69) is 6.92 Å². The van der Waals surface area contributed by atoms with Gasteiger partial charge < -0.3 is 0 Å². The fraction of sp³-hybridized carbons (Fsp3) is 1.00. The minimum absolute atomic E-state index is 0.637. The summed E-state index contributed by atoms with van der Waals surface area (Å²) in [5.41, 5.74) is 0. The SMILES string of the molecule is CCCC[Si]Cl. The number of rotatable bonds is 3. The Labute approximate surface area is 46.4 Å². The van der Waals surface area contributed by atoms with E-state index in [-0.39, 0.29) is 0 Å². The van der Waals surface area contributed by atoms with E-state index in [1.54, 1.807) is 0 Å². The van der Waals surface area contributed by atoms with E-state index in [9.17, 15) is 0 Å². The summed E-state index contributed by atoms with van der Waals surface area (Å²) in [7, 11) is 0.637. The lowest BCUT2D eigenvalue weighted by Gasteiger charge is -1.83. The fourth-order valence-electron chi connectivity index (χ4n) is 0.244. The van der Waals surface area contributed by atoms with Crippen molar-refractivity contribution < 1.29 is 0 Å². The maximum absolute atomic E-state index is 5.41. The summed E-state index contributed by atoms with van der Waals surface area (Å²) in [4.78, 5) is 0. The van der Waals surface area contributed by atoms with Crippen LogP contribution in [-0.4, -0.2) is 8.83 Å². The molecule has 0 spiro atoms. The molecule has 0 amide bonds. The van der Waals surface area contributed by atoms with Crippen LogP contribution >= 0.6 is 11.1 Å². The molecular formula is C4H9ClSi. The van der Waals surface area contributed by atoms with Gasteiger partial charge in [0.25, 0.3) is 0 Å². The predicted octanol–water partition coefficient (Wildman–Crippen LogP) is 2.06. The Morgan fingerprint density at radius 1 is 1.67 bits per heavy atom. The standard InChI is InChI=1S/C4H9ClSi/c1-2-3-4-6-5/h2-4H2,1H3. The minimum atomic E-state index is 0.637. The molecule has 0 aliphatic rings. The van der Waals surface area contributed by atoms with Gasteiger partial charge in [-0.25, -0.2) is 0 Å². The molecule has 0 atom stereocenters. The Kier molecular flexibility index (Phi) is 5.97. The van der Waals surface area contributed by atoms with Crippen molar-refractivity contribution in [3.05, 3.63) is 0 Å². The molecule has 0 nitrogen and oxygen atoms in total. The first kappa shape index (κ1) is 6.51. The highest BCUT2D eigenvalue weighted by Crippen LogP contribution is 1.93. The zero-order valence-electron chi connectivity index (χ0n) is 4.00. The molecule has 36 valence electrons. The van der Waals surface area contributed by atoms with Gasteiger partial charge in [-0.1, -0.05) is 19.8 Å². The average Bonchev–Trinajstić information content (AvgIpc) is 1.61. The van der Waals surface area contributed by atoms with Crippen LogP contribution in [0.3, 0.4) is 0 Å². The molecule has 0 aliphatic carbocycles. The largest absolute Gasteiger partial charge is 0.171 e. The smallest absolute Gasteiger partial charge is 0.171 e. The molecule has 0 rings (SSSR count). The predicted molar refractivity (Wildman–Crippen MR) is 31.3 cm³/mol. The van der Waals surface area contributed by atoms with Crippen molar-refractivity contribution in [3.63, 3.8) is 0 Å². The molecule has 2 radical (unpaired) electrons. The summed E-state index contributed by atoms with van der Waals surface area (Å²) >= 11 is 5.41. The van der Waals surface area contributed by atoms with Crippen LogP contribution in [-0.2, 0) is 0 Å². The van der Waals surface area contributed by atoms with Crippen LogP contribution in [0.15, 0.2) is 0 Å². The van der Waals surface area contributed by atoms with Gasteiger partial charge >= 0.3 is 0 Å². The molecule has 0 aromatic carbocycles. The minimum Gasteiger partial charge on any atom is -0.171 e. The Balaban J connectivity index is 2.34. The van der Waals surface area contributed by atoms with Gasteiger partial charge in [-0.05, 0) is 6.04 Å². The highest BCUT2D eigenvalue weighted by atomic mass is 35.6. The topological polar surface area (TPSA) is 0 Å². The van der Waals surface area contributed by atoms with Crippen molar-refractivity contribution in [3.8, 4) is 0 Å². The zero-order chi connectivity index (χ0) is 4.83. The second-order valence-electron chi connectivity index (χ2n) is 1.24. The molecule has 0 saturated carbocycles. The lowest BCUT2D eigenvalue weighted by Crippen LogP contribution is -1.73. The second-order valence-corrected chi connectivity index (χ2v) is 2.81. The lowest BCUT2D eigenvalue weighted by atomic mass is 10.4. The molecule has 0 aromatic heterocycles. The molecule has 0 aromatic rings. The number of hydrogen-bond acceptors (Lipinski definition) is 0. The molecule has 2 heteroatoms. The summed E-state index contributed by atoms with van der Waals surface area (Å²) in [5, 5.41) is 0. The van der Waals surface area contributed by atoms with Gasteiger partial charge in [0.1, 0.15) is 0 Å². The monoisotopic (exact) mass is 120 g/mol. The van der Waals surface area contributed by atoms with Gasteiger partial charge in [-0.2, -0.15) is 11.1 Å². The van der Waals surface area contributed by atoms with Crippen LogP contribution < -0.4 is 0 Å². The molecule has 0 saturated heterocycles. The molecule has 0 fully saturated rings. The van der Waals surface area contributed by atoms with E-state index < -0.39 is 0 Å². The van der Waals surface area contributed by atoms with Gasteiger partial charge in [0, 0.05) is 0 Å². The molecule has 6 heavy (non-hydrogen) atoms. The van der Waals surface area contributed by atoms with Gasteiger partial charge in [-0.15, -0.1) is 0 Å². The fourth-order valence-corrected chi connectivity index (χ4v) is 1.13. The van der Waals surface area contributed by atoms with E-state index >= 15 is 0 Å². The normalized spacial score (nSPS) is 9.00. The van der Waals surface area contributed by atoms with Gasteiger partial charge in [0.2, 0.25) is 0 Å². The highest BCUT2D eigenvalue weighted by molar-refractivity contribution is 6.93. The summed E-state index contributed by atoms with van der Waals surface area (Å²) in [6, 6.07) is 1.21. The van der Waals surface area contributed by atoms with Crippen LogP contribution in [0.5, 0.6) is 0 Å². The summed E-state index contributed by atoms with van der Waals surface area (Å²) in [6.45, 7) is 2.18. The van der Waals surface area contributed by atoms with Crippen LogP contribution in [0.1, 0.15) is 19.8 Å². The van der Waals surface area contributed by atoms with E-state index in [1.807, 2.05) is 0 Å². The van der Waals surface area contributed by atoms with Crippen molar-refractivity contribution >= 4 is 19.9 Å². The Hall–Kier alpha value is 0.507. The summed E-state index contributed by atoms with van der Waals surface area (Å²) < 4.78 is 0. The summed E-state index contributed by atoms with van der Waals surface area (Å²) in [6.07, 6.45) is 2.57. The summed E-state index contributed by atoms with van der Waals surface area (Å²) in [5.74, 6) is 0. The first-order chi connectivity index (χ1) is 2.91. The molecular weight excluding hydrogens is 112 g/mol. The molecule has 0 N–H and O–H groups in total. The van der Waals surface area contributed by atoms with E-state index in [0.29, 0.717) is 8.83 Å². The molecule has 0 unspecified atom stereocenters. The zero-order valence-corrected chi connectivity index (χ0v) is 5.76. The first-order valence-electron chi connectivity index (χ1n) is 2.25. The maximum atomic E-state index is 5.41. The highest BCUT2D eigenvalue weighted by Gasteiger charge is 1.79. The van der Waals surface area contributed by atoms with Crippen molar-refractivity contribution in [2.45, 2.75) is 25.8 Å².